The average Bonchev–Trinajstić information content (AvgIpc) is 1.83. The molecule has 0 spiro atoms. The van der Waals surface area contributed by atoms with Gasteiger partial charge in [0.2, 0.25) is 0 Å². The first kappa shape index (κ1) is 7.34. The molecule has 0 bridgehead atoms. The van der Waals surface area contributed by atoms with Crippen molar-refractivity contribution in [2.24, 2.45) is 5.73 Å². The molecule has 2 radical (unpaired) electrons. The van der Waals surface area contributed by atoms with Gasteiger partial charge in [-0.3, -0.25) is 0 Å². The third-order valence-electron chi connectivity index (χ3n) is 0.851. The van der Waals surface area contributed by atoms with Crippen molar-refractivity contribution in [1.82, 2.24) is 0 Å². The Labute approximate surface area is 51.7 Å². The van der Waals surface area contributed by atoms with E-state index in [0.717, 1.165) is 18.3 Å². The molecule has 0 aromatic heterocycles. The highest BCUT2D eigenvalue weighted by molar-refractivity contribution is 6.21. The molecule has 0 atom stereocenters. The summed E-state index contributed by atoms with van der Waals surface area (Å²) in [4.78, 5) is 0. The molecule has 0 aliphatic heterocycles. The summed E-state index contributed by atoms with van der Waals surface area (Å²) in [5, 5.41) is 0. The third kappa shape index (κ3) is 3.53. The van der Waals surface area contributed by atoms with E-state index >= 15 is 0 Å². The van der Waals surface area contributed by atoms with Crippen LogP contribution in [-0.2, 0) is 0 Å². The lowest BCUT2D eigenvalue weighted by Gasteiger charge is -1.92. The van der Waals surface area contributed by atoms with E-state index in [4.69, 9.17) is 13.6 Å². The maximum absolute atomic E-state index is 5.35. The van der Waals surface area contributed by atoms with E-state index < -0.39 is 0 Å². The highest BCUT2D eigenvalue weighted by atomic mass is 14.5. The van der Waals surface area contributed by atoms with E-state index in [-0.39, 0.29) is 0 Å². The molecular formula is C6H10BN. The maximum atomic E-state index is 5.35. The highest BCUT2D eigenvalue weighted by Gasteiger charge is 1.81. The van der Waals surface area contributed by atoms with Crippen LogP contribution in [0.3, 0.4) is 0 Å². The molecule has 1 nitrogen and oxygen atoms in total. The second-order valence-corrected chi connectivity index (χ2v) is 1.57. The topological polar surface area (TPSA) is 26.0 Å². The fraction of sp³-hybridized carbons (Fsp3) is 0.333. The number of nitrogens with two attached hydrogens (primary N) is 1. The van der Waals surface area contributed by atoms with Crippen LogP contribution >= 0.6 is 0 Å². The quantitative estimate of drug-likeness (QED) is 0.421. The van der Waals surface area contributed by atoms with Crippen LogP contribution in [0.4, 0.5) is 0 Å². The molecule has 0 aliphatic rings. The molecule has 8 heavy (non-hydrogen) atoms. The molecule has 0 unspecified atom stereocenters. The van der Waals surface area contributed by atoms with Gasteiger partial charge in [-0.2, -0.15) is 0 Å². The first-order chi connectivity index (χ1) is 3.81. The summed E-state index contributed by atoms with van der Waals surface area (Å²) in [6, 6.07) is 0. The summed E-state index contributed by atoms with van der Waals surface area (Å²) in [6.07, 6.45) is 4.96. The smallest absolute Gasteiger partial charge is 0.109 e. The summed E-state index contributed by atoms with van der Waals surface area (Å²) in [7, 11) is 5.35. The zero-order valence-corrected chi connectivity index (χ0v) is 4.93. The minimum atomic E-state index is 0.727. The molecule has 0 saturated heterocycles. The summed E-state index contributed by atoms with van der Waals surface area (Å²) < 4.78 is 0. The lowest BCUT2D eigenvalue weighted by Crippen LogP contribution is -1.87. The van der Waals surface area contributed by atoms with Gasteiger partial charge in [-0.25, -0.2) is 0 Å². The van der Waals surface area contributed by atoms with Crippen LogP contribution < -0.4 is 5.73 Å². The predicted octanol–water partition coefficient (Wildman–Crippen LogP) is 0.921. The van der Waals surface area contributed by atoms with Crippen molar-refractivity contribution in [3.63, 3.8) is 0 Å². The van der Waals surface area contributed by atoms with Gasteiger partial charge in [0.15, 0.2) is 0 Å². The van der Waals surface area contributed by atoms with Crippen LogP contribution in [0.25, 0.3) is 0 Å². The maximum Gasteiger partial charge on any atom is 0.109 e. The van der Waals surface area contributed by atoms with Crippen molar-refractivity contribution in [2.45, 2.75) is 12.8 Å². The van der Waals surface area contributed by atoms with Gasteiger partial charge in [0, 0.05) is 0 Å². The molecular weight excluding hydrogens is 96.9 g/mol. The Kier molecular flexibility index (Phi) is 4.13. The van der Waals surface area contributed by atoms with Crippen LogP contribution in [0.5, 0.6) is 0 Å². The Morgan fingerprint density at radius 3 is 2.75 bits per heavy atom. The number of hydrogen-bond donors (Lipinski definition) is 1. The summed E-state index contributed by atoms with van der Waals surface area (Å²) in [5.41, 5.74) is 5.82. The number of rotatable bonds is 3. The van der Waals surface area contributed by atoms with Crippen LogP contribution in [0.2, 0.25) is 0 Å². The van der Waals surface area contributed by atoms with Gasteiger partial charge in [0.05, 0.1) is 0 Å². The second-order valence-electron chi connectivity index (χ2n) is 1.57. The predicted molar refractivity (Wildman–Crippen MR) is 37.5 cm³/mol. The molecule has 2 N–H and O–H groups in total. The monoisotopic (exact) mass is 107 g/mol. The molecule has 0 fully saturated rings. The normalized spacial score (nSPS) is 11.2. The largest absolute Gasteiger partial charge is 0.405 e. The van der Waals surface area contributed by atoms with Gasteiger partial charge in [0.25, 0.3) is 0 Å². The van der Waals surface area contributed by atoms with Gasteiger partial charge in [-0.15, -0.1) is 12.1 Å². The zero-order valence-electron chi connectivity index (χ0n) is 4.93. The SMILES string of the molecule is [B]/C(=C/N)CCC=C. The van der Waals surface area contributed by atoms with Gasteiger partial charge in [0.1, 0.15) is 7.85 Å². The molecule has 0 saturated carbocycles. The van der Waals surface area contributed by atoms with E-state index in [2.05, 4.69) is 6.58 Å². The summed E-state index contributed by atoms with van der Waals surface area (Å²) >= 11 is 0. The lowest BCUT2D eigenvalue weighted by molar-refractivity contribution is 1.03. The second kappa shape index (κ2) is 4.50. The molecule has 0 aromatic rings. The third-order valence-corrected chi connectivity index (χ3v) is 0.851. The van der Waals surface area contributed by atoms with Gasteiger partial charge in [-0.05, 0) is 19.0 Å². The molecule has 42 valence electrons. The molecule has 0 rings (SSSR count). The molecule has 0 aromatic carbocycles. The van der Waals surface area contributed by atoms with E-state index in [1.54, 1.807) is 0 Å². The molecule has 0 aliphatic carbocycles. The van der Waals surface area contributed by atoms with E-state index in [0.29, 0.717) is 0 Å². The molecule has 0 heterocycles. The Hall–Kier alpha value is -0.655. The fourth-order valence-electron chi connectivity index (χ4n) is 0.352. The lowest BCUT2D eigenvalue weighted by atomic mass is 9.92. The van der Waals surface area contributed by atoms with Crippen molar-refractivity contribution in [3.8, 4) is 0 Å². The summed E-state index contributed by atoms with van der Waals surface area (Å²) in [5.74, 6) is 0. The van der Waals surface area contributed by atoms with Crippen LogP contribution in [0.15, 0.2) is 24.3 Å². The molecule has 0 amide bonds. The highest BCUT2D eigenvalue weighted by Crippen LogP contribution is 1.97. The van der Waals surface area contributed by atoms with Gasteiger partial charge >= 0.3 is 0 Å². The first-order valence-electron chi connectivity index (χ1n) is 2.58. The number of hydrogen-bond acceptors (Lipinski definition) is 1. The zero-order chi connectivity index (χ0) is 6.41. The van der Waals surface area contributed by atoms with Crippen LogP contribution in [0.1, 0.15) is 12.8 Å². The Morgan fingerprint density at radius 1 is 1.75 bits per heavy atom. The van der Waals surface area contributed by atoms with Crippen molar-refractivity contribution >= 4 is 7.85 Å². The van der Waals surface area contributed by atoms with Gasteiger partial charge < -0.3 is 5.73 Å². The van der Waals surface area contributed by atoms with Crippen LogP contribution in [0, 0.1) is 0 Å². The minimum absolute atomic E-state index is 0.727. The van der Waals surface area contributed by atoms with E-state index in [1.807, 2.05) is 6.08 Å². The Balaban J connectivity index is 3.24. The Morgan fingerprint density at radius 2 is 2.38 bits per heavy atom. The minimum Gasteiger partial charge on any atom is -0.405 e. The van der Waals surface area contributed by atoms with Crippen molar-refractivity contribution in [2.75, 3.05) is 0 Å². The van der Waals surface area contributed by atoms with Crippen molar-refractivity contribution in [1.29, 1.82) is 0 Å². The number of allylic oxidation sites excluding steroid dienone is 2. The Bertz CT molecular complexity index is 96.7. The molecule has 2 heteroatoms. The van der Waals surface area contributed by atoms with Crippen molar-refractivity contribution < 1.29 is 0 Å². The summed E-state index contributed by atoms with van der Waals surface area (Å²) in [6.45, 7) is 3.54. The standard InChI is InChI=1S/C6H10BN/c1-2-3-4-6(7)5-8/h2,5H,1,3-4,8H2/b6-5+. The first-order valence-corrected chi connectivity index (χ1v) is 2.58. The van der Waals surface area contributed by atoms with Crippen LogP contribution in [-0.4, -0.2) is 7.85 Å². The average molecular weight is 107 g/mol. The fourth-order valence-corrected chi connectivity index (χ4v) is 0.352. The van der Waals surface area contributed by atoms with Gasteiger partial charge in [-0.1, -0.05) is 6.08 Å². The van der Waals surface area contributed by atoms with Crippen molar-refractivity contribution in [3.05, 3.63) is 24.3 Å². The van der Waals surface area contributed by atoms with E-state index in [9.17, 15) is 0 Å². The van der Waals surface area contributed by atoms with E-state index in [1.165, 1.54) is 6.20 Å².